The minimum Gasteiger partial charge on any atom is -0.309 e. The Hall–Kier alpha value is -6.51. The van der Waals surface area contributed by atoms with Gasteiger partial charge in [-0.2, -0.15) is 0 Å². The number of hydrogen-bond acceptors (Lipinski definition) is 1. The minimum atomic E-state index is 1.02. The van der Waals surface area contributed by atoms with Gasteiger partial charge in [-0.25, -0.2) is 4.98 Å². The van der Waals surface area contributed by atoms with E-state index in [1.54, 1.807) is 0 Å². The molecule has 0 aliphatic rings. The van der Waals surface area contributed by atoms with Gasteiger partial charge in [-0.15, -0.1) is 0 Å². The lowest BCUT2D eigenvalue weighted by atomic mass is 9.94. The lowest BCUT2D eigenvalue weighted by Crippen LogP contribution is -1.92. The van der Waals surface area contributed by atoms with Crippen molar-refractivity contribution in [3.8, 4) is 39.2 Å². The molecule has 0 spiro atoms. The summed E-state index contributed by atoms with van der Waals surface area (Å²) in [5, 5.41) is 8.67. The summed E-state index contributed by atoms with van der Waals surface area (Å²) in [5.41, 5.74) is 11.6. The highest BCUT2D eigenvalue weighted by Gasteiger charge is 2.15. The van der Waals surface area contributed by atoms with E-state index in [1.165, 1.54) is 76.7 Å². The molecule has 2 aromatic heterocycles. The number of fused-ring (bicyclic) bond motifs is 8. The molecule has 228 valence electrons. The van der Waals surface area contributed by atoms with Crippen LogP contribution in [0.2, 0.25) is 0 Å². The van der Waals surface area contributed by atoms with Gasteiger partial charge in [0.25, 0.3) is 0 Å². The van der Waals surface area contributed by atoms with Crippen LogP contribution in [0.4, 0.5) is 0 Å². The SMILES string of the molecule is c1ccc(-n2c3ccccc3c3cc(-c4ccc(-c5ccc(-c6nc7ccccc7c7c6ccc6ccccc67)cc5)cc4)ccc32)cc1. The molecule has 0 amide bonds. The summed E-state index contributed by atoms with van der Waals surface area (Å²) in [4.78, 5) is 5.19. The molecule has 0 saturated carbocycles. The van der Waals surface area contributed by atoms with E-state index in [2.05, 4.69) is 187 Å². The summed E-state index contributed by atoms with van der Waals surface area (Å²) in [6, 6.07) is 65.5. The monoisotopic (exact) mass is 622 g/mol. The summed E-state index contributed by atoms with van der Waals surface area (Å²) < 4.78 is 2.36. The number of rotatable bonds is 4. The maximum atomic E-state index is 5.19. The molecule has 0 atom stereocenters. The fraction of sp³-hybridized carbons (Fsp3) is 0. The van der Waals surface area contributed by atoms with Gasteiger partial charge in [0, 0.05) is 38.2 Å². The third-order valence-corrected chi connectivity index (χ3v) is 9.99. The molecule has 0 bridgehead atoms. The van der Waals surface area contributed by atoms with Crippen molar-refractivity contribution in [1.82, 2.24) is 9.55 Å². The Morgan fingerprint density at radius 2 is 0.918 bits per heavy atom. The van der Waals surface area contributed by atoms with Crippen LogP contribution in [-0.4, -0.2) is 9.55 Å². The largest absolute Gasteiger partial charge is 0.309 e. The first-order valence-electron chi connectivity index (χ1n) is 16.8. The van der Waals surface area contributed by atoms with E-state index in [0.717, 1.165) is 16.8 Å². The van der Waals surface area contributed by atoms with Gasteiger partial charge in [-0.3, -0.25) is 0 Å². The van der Waals surface area contributed by atoms with Crippen LogP contribution >= 0.6 is 0 Å². The minimum absolute atomic E-state index is 1.02. The van der Waals surface area contributed by atoms with Crippen molar-refractivity contribution in [2.24, 2.45) is 0 Å². The van der Waals surface area contributed by atoms with Crippen molar-refractivity contribution < 1.29 is 0 Å². The summed E-state index contributed by atoms with van der Waals surface area (Å²) in [6.07, 6.45) is 0. The molecule has 0 N–H and O–H groups in total. The number of aromatic nitrogens is 2. The average molecular weight is 623 g/mol. The highest BCUT2D eigenvalue weighted by Crippen LogP contribution is 2.38. The first kappa shape index (κ1) is 27.6. The van der Waals surface area contributed by atoms with Crippen molar-refractivity contribution in [3.05, 3.63) is 182 Å². The quantitative estimate of drug-likeness (QED) is 0.179. The number of hydrogen-bond donors (Lipinski definition) is 0. The molecule has 0 aliphatic heterocycles. The molecule has 0 aliphatic carbocycles. The van der Waals surface area contributed by atoms with E-state index >= 15 is 0 Å². The second-order valence-electron chi connectivity index (χ2n) is 12.8. The number of nitrogens with zero attached hydrogens (tertiary/aromatic N) is 2. The second kappa shape index (κ2) is 11.0. The van der Waals surface area contributed by atoms with Crippen molar-refractivity contribution in [2.45, 2.75) is 0 Å². The van der Waals surface area contributed by atoms with Gasteiger partial charge < -0.3 is 4.57 Å². The zero-order chi connectivity index (χ0) is 32.3. The number of pyridine rings is 1. The topological polar surface area (TPSA) is 17.8 Å². The van der Waals surface area contributed by atoms with Gasteiger partial charge in [0.05, 0.1) is 22.2 Å². The van der Waals surface area contributed by atoms with E-state index in [1.807, 2.05) is 0 Å². The molecule has 0 radical (unpaired) electrons. The van der Waals surface area contributed by atoms with Gasteiger partial charge in [-0.1, -0.05) is 146 Å². The molecule has 2 heterocycles. The number of para-hydroxylation sites is 3. The van der Waals surface area contributed by atoms with E-state index in [-0.39, 0.29) is 0 Å². The van der Waals surface area contributed by atoms with Crippen LogP contribution in [0.25, 0.3) is 93.5 Å². The fourth-order valence-electron chi connectivity index (χ4n) is 7.63. The van der Waals surface area contributed by atoms with Crippen LogP contribution in [0, 0.1) is 0 Å². The normalized spacial score (nSPS) is 11.7. The van der Waals surface area contributed by atoms with Gasteiger partial charge >= 0.3 is 0 Å². The van der Waals surface area contributed by atoms with Gasteiger partial charge in [0.15, 0.2) is 0 Å². The van der Waals surface area contributed by atoms with Gasteiger partial charge in [-0.05, 0) is 69.4 Å². The summed E-state index contributed by atoms with van der Waals surface area (Å²) in [7, 11) is 0. The predicted molar refractivity (Wildman–Crippen MR) is 207 cm³/mol. The first-order valence-corrected chi connectivity index (χ1v) is 16.8. The van der Waals surface area contributed by atoms with Crippen molar-refractivity contribution in [2.75, 3.05) is 0 Å². The maximum Gasteiger partial charge on any atom is 0.0788 e. The van der Waals surface area contributed by atoms with Crippen LogP contribution in [0.15, 0.2) is 182 Å². The van der Waals surface area contributed by atoms with E-state index < -0.39 is 0 Å². The molecule has 0 saturated heterocycles. The molecule has 8 aromatic carbocycles. The summed E-state index contributed by atoms with van der Waals surface area (Å²) in [6.45, 7) is 0. The molecule has 10 aromatic rings. The summed E-state index contributed by atoms with van der Waals surface area (Å²) in [5.74, 6) is 0. The van der Waals surface area contributed by atoms with Crippen molar-refractivity contribution in [3.63, 3.8) is 0 Å². The summed E-state index contributed by atoms with van der Waals surface area (Å²) >= 11 is 0. The zero-order valence-corrected chi connectivity index (χ0v) is 26.7. The Kier molecular flexibility index (Phi) is 6.22. The first-order chi connectivity index (χ1) is 24.3. The molecular formula is C47H30N2. The molecule has 2 nitrogen and oxygen atoms in total. The zero-order valence-electron chi connectivity index (χ0n) is 26.7. The molecule has 10 rings (SSSR count). The van der Waals surface area contributed by atoms with Crippen LogP contribution in [0.5, 0.6) is 0 Å². The van der Waals surface area contributed by atoms with Gasteiger partial charge in [0.2, 0.25) is 0 Å². The van der Waals surface area contributed by atoms with Crippen LogP contribution in [0.1, 0.15) is 0 Å². The lowest BCUT2D eigenvalue weighted by molar-refractivity contribution is 1.18. The Labute approximate surface area is 284 Å². The van der Waals surface area contributed by atoms with Crippen molar-refractivity contribution >= 4 is 54.3 Å². The third kappa shape index (κ3) is 4.46. The molecule has 0 fully saturated rings. The molecule has 0 unspecified atom stereocenters. The van der Waals surface area contributed by atoms with E-state index in [0.29, 0.717) is 0 Å². The Balaban J connectivity index is 1.01. The Bertz CT molecular complexity index is 2830. The second-order valence-corrected chi connectivity index (χ2v) is 12.8. The fourth-order valence-corrected chi connectivity index (χ4v) is 7.63. The highest BCUT2D eigenvalue weighted by atomic mass is 15.0. The predicted octanol–water partition coefficient (Wildman–Crippen LogP) is 12.6. The van der Waals surface area contributed by atoms with E-state index in [4.69, 9.17) is 4.98 Å². The van der Waals surface area contributed by atoms with Crippen LogP contribution in [-0.2, 0) is 0 Å². The standard InChI is InChI=1S/C47H30N2/c1-2-11-37(12-3-1)49-44-17-9-7-14-39(44)42-30-36(27-29-45(42)49)33-20-18-31(19-21-33)32-22-24-35(25-23-32)47-41-28-26-34-10-4-5-13-38(34)46(41)40-15-6-8-16-43(40)48-47/h1-30H. The lowest BCUT2D eigenvalue weighted by Gasteiger charge is -2.13. The van der Waals surface area contributed by atoms with Gasteiger partial charge in [0.1, 0.15) is 0 Å². The van der Waals surface area contributed by atoms with Crippen molar-refractivity contribution in [1.29, 1.82) is 0 Å². The molecular weight excluding hydrogens is 593 g/mol. The van der Waals surface area contributed by atoms with Crippen LogP contribution < -0.4 is 0 Å². The van der Waals surface area contributed by atoms with E-state index in [9.17, 15) is 0 Å². The third-order valence-electron chi connectivity index (χ3n) is 9.99. The average Bonchev–Trinajstić information content (AvgIpc) is 3.51. The highest BCUT2D eigenvalue weighted by molar-refractivity contribution is 6.22. The Morgan fingerprint density at radius 3 is 1.69 bits per heavy atom. The van der Waals surface area contributed by atoms with Crippen LogP contribution in [0.3, 0.4) is 0 Å². The Morgan fingerprint density at radius 1 is 0.347 bits per heavy atom. The molecule has 49 heavy (non-hydrogen) atoms. The maximum absolute atomic E-state index is 5.19. The smallest absolute Gasteiger partial charge is 0.0788 e. The number of benzene rings is 8. The molecule has 2 heteroatoms.